The van der Waals surface area contributed by atoms with Crippen LogP contribution in [-0.2, 0) is 16.6 Å². The molecule has 1 aliphatic heterocycles. The summed E-state index contributed by atoms with van der Waals surface area (Å²) in [4.78, 5) is 1.53. The van der Waals surface area contributed by atoms with E-state index in [4.69, 9.17) is 0 Å². The summed E-state index contributed by atoms with van der Waals surface area (Å²) in [5, 5.41) is 0. The van der Waals surface area contributed by atoms with Gasteiger partial charge in [0.05, 0.1) is 0 Å². The van der Waals surface area contributed by atoms with Gasteiger partial charge in [-0.15, -0.1) is 0 Å². The highest BCUT2D eigenvalue weighted by molar-refractivity contribution is 9.10. The van der Waals surface area contributed by atoms with Crippen molar-refractivity contribution in [2.45, 2.75) is 11.4 Å². The third-order valence-electron chi connectivity index (χ3n) is 4.16. The Kier molecular flexibility index (Phi) is 5.52. The van der Waals surface area contributed by atoms with Crippen LogP contribution in [0.5, 0.6) is 0 Å². The zero-order valence-electron chi connectivity index (χ0n) is 13.3. The molecular formula is C17H17BrF2N2O2S. The summed E-state index contributed by atoms with van der Waals surface area (Å²) in [6.45, 7) is 2.28. The van der Waals surface area contributed by atoms with Gasteiger partial charge < -0.3 is 0 Å². The quantitative estimate of drug-likeness (QED) is 0.747. The molecule has 134 valence electrons. The summed E-state index contributed by atoms with van der Waals surface area (Å²) in [5.74, 6) is -1.70. The molecule has 4 nitrogen and oxygen atoms in total. The van der Waals surface area contributed by atoms with Crippen LogP contribution in [0.3, 0.4) is 0 Å². The third-order valence-corrected chi connectivity index (χ3v) is 6.60. The fourth-order valence-corrected chi connectivity index (χ4v) is 4.55. The molecule has 1 fully saturated rings. The van der Waals surface area contributed by atoms with Crippen LogP contribution >= 0.6 is 15.9 Å². The largest absolute Gasteiger partial charge is 0.296 e. The van der Waals surface area contributed by atoms with Gasteiger partial charge >= 0.3 is 0 Å². The zero-order valence-corrected chi connectivity index (χ0v) is 15.7. The predicted molar refractivity (Wildman–Crippen MR) is 94.5 cm³/mol. The maximum Gasteiger partial charge on any atom is 0.246 e. The summed E-state index contributed by atoms with van der Waals surface area (Å²) in [6, 6.07) is 10.4. The van der Waals surface area contributed by atoms with E-state index in [0.717, 1.165) is 34.8 Å². The monoisotopic (exact) mass is 430 g/mol. The summed E-state index contributed by atoms with van der Waals surface area (Å²) >= 11 is 3.39. The molecule has 2 aromatic carbocycles. The normalized spacial score (nSPS) is 16.9. The lowest BCUT2D eigenvalue weighted by atomic mass is 10.2. The van der Waals surface area contributed by atoms with Gasteiger partial charge in [-0.25, -0.2) is 17.2 Å². The summed E-state index contributed by atoms with van der Waals surface area (Å²) in [5.41, 5.74) is 1.13. The number of rotatable bonds is 4. The lowest BCUT2D eigenvalue weighted by molar-refractivity contribution is 0.181. The lowest BCUT2D eigenvalue weighted by Gasteiger charge is -2.34. The van der Waals surface area contributed by atoms with Crippen molar-refractivity contribution in [3.8, 4) is 0 Å². The number of hydrogen-bond donors (Lipinski definition) is 0. The lowest BCUT2D eigenvalue weighted by Crippen LogP contribution is -2.48. The molecule has 1 heterocycles. The SMILES string of the molecule is O=S(=O)(c1cc(F)ccc1F)N1CCN(Cc2ccc(Br)cc2)CC1. The molecule has 0 aromatic heterocycles. The molecule has 0 bridgehead atoms. The Morgan fingerprint density at radius 2 is 1.60 bits per heavy atom. The van der Waals surface area contributed by atoms with Crippen LogP contribution in [0.1, 0.15) is 5.56 Å². The number of piperazine rings is 1. The van der Waals surface area contributed by atoms with Crippen LogP contribution in [0.25, 0.3) is 0 Å². The van der Waals surface area contributed by atoms with E-state index in [2.05, 4.69) is 20.8 Å². The second-order valence-electron chi connectivity index (χ2n) is 5.88. The van der Waals surface area contributed by atoms with E-state index in [1.807, 2.05) is 24.3 Å². The molecule has 0 amide bonds. The van der Waals surface area contributed by atoms with Crippen molar-refractivity contribution in [2.75, 3.05) is 26.2 Å². The van der Waals surface area contributed by atoms with E-state index in [-0.39, 0.29) is 13.1 Å². The van der Waals surface area contributed by atoms with Gasteiger partial charge in [0.15, 0.2) is 0 Å². The smallest absolute Gasteiger partial charge is 0.246 e. The first kappa shape index (κ1) is 18.4. The topological polar surface area (TPSA) is 40.6 Å². The highest BCUT2D eigenvalue weighted by Crippen LogP contribution is 2.22. The minimum atomic E-state index is -4.03. The minimum Gasteiger partial charge on any atom is -0.296 e. The molecule has 8 heteroatoms. The van der Waals surface area contributed by atoms with Crippen molar-refractivity contribution in [1.29, 1.82) is 0 Å². The van der Waals surface area contributed by atoms with Crippen molar-refractivity contribution in [3.63, 3.8) is 0 Å². The second kappa shape index (κ2) is 7.49. The Balaban J connectivity index is 1.67. The maximum absolute atomic E-state index is 13.8. The molecule has 0 atom stereocenters. The second-order valence-corrected chi connectivity index (χ2v) is 8.70. The predicted octanol–water partition coefficient (Wildman–Crippen LogP) is 3.23. The van der Waals surface area contributed by atoms with Gasteiger partial charge in [-0.3, -0.25) is 4.90 Å². The first-order chi connectivity index (χ1) is 11.9. The fourth-order valence-electron chi connectivity index (χ4n) is 2.79. The highest BCUT2D eigenvalue weighted by atomic mass is 79.9. The highest BCUT2D eigenvalue weighted by Gasteiger charge is 2.30. The maximum atomic E-state index is 13.8. The third kappa shape index (κ3) is 4.25. The standard InChI is InChI=1S/C17H17BrF2N2O2S/c18-14-3-1-13(2-4-14)12-21-7-9-22(10-8-21)25(23,24)17-11-15(19)5-6-16(17)20/h1-6,11H,7-10,12H2. The number of nitrogens with zero attached hydrogens (tertiary/aromatic N) is 2. The molecule has 0 unspecified atom stereocenters. The van der Waals surface area contributed by atoms with Gasteiger partial charge in [-0.05, 0) is 35.9 Å². The molecule has 1 aliphatic rings. The molecular weight excluding hydrogens is 414 g/mol. The Morgan fingerprint density at radius 3 is 2.24 bits per heavy atom. The molecule has 2 aromatic rings. The molecule has 0 radical (unpaired) electrons. The number of halogens is 3. The Bertz CT molecular complexity index is 851. The Morgan fingerprint density at radius 1 is 0.960 bits per heavy atom. The summed E-state index contributed by atoms with van der Waals surface area (Å²) in [7, 11) is -4.03. The molecule has 0 aliphatic carbocycles. The first-order valence-electron chi connectivity index (χ1n) is 7.78. The van der Waals surface area contributed by atoms with Crippen LogP contribution in [-0.4, -0.2) is 43.8 Å². The molecule has 1 saturated heterocycles. The van der Waals surface area contributed by atoms with Crippen molar-refractivity contribution >= 4 is 26.0 Å². The number of sulfonamides is 1. The average Bonchev–Trinajstić information content (AvgIpc) is 2.59. The van der Waals surface area contributed by atoms with Crippen molar-refractivity contribution in [1.82, 2.24) is 9.21 Å². The van der Waals surface area contributed by atoms with E-state index < -0.39 is 26.6 Å². The Labute approximate surface area is 154 Å². The van der Waals surface area contributed by atoms with E-state index in [0.29, 0.717) is 13.1 Å². The van der Waals surface area contributed by atoms with Gasteiger partial charge in [0.1, 0.15) is 16.5 Å². The van der Waals surface area contributed by atoms with E-state index in [1.54, 1.807) is 0 Å². The van der Waals surface area contributed by atoms with E-state index >= 15 is 0 Å². The van der Waals surface area contributed by atoms with Crippen molar-refractivity contribution in [3.05, 3.63) is 64.1 Å². The van der Waals surface area contributed by atoms with E-state index in [1.165, 1.54) is 4.31 Å². The summed E-state index contributed by atoms with van der Waals surface area (Å²) in [6.07, 6.45) is 0. The molecule has 0 spiro atoms. The van der Waals surface area contributed by atoms with Crippen LogP contribution in [0.15, 0.2) is 51.8 Å². The molecule has 25 heavy (non-hydrogen) atoms. The minimum absolute atomic E-state index is 0.245. The van der Waals surface area contributed by atoms with Crippen LogP contribution < -0.4 is 0 Å². The average molecular weight is 431 g/mol. The van der Waals surface area contributed by atoms with Gasteiger partial charge in [0.25, 0.3) is 0 Å². The molecule has 0 N–H and O–H groups in total. The van der Waals surface area contributed by atoms with Crippen LogP contribution in [0.2, 0.25) is 0 Å². The van der Waals surface area contributed by atoms with Crippen molar-refractivity contribution < 1.29 is 17.2 Å². The van der Waals surface area contributed by atoms with Gasteiger partial charge in [0.2, 0.25) is 10.0 Å². The summed E-state index contributed by atoms with van der Waals surface area (Å²) < 4.78 is 54.5. The first-order valence-corrected chi connectivity index (χ1v) is 10.0. The van der Waals surface area contributed by atoms with Gasteiger partial charge in [-0.1, -0.05) is 28.1 Å². The van der Waals surface area contributed by atoms with Crippen molar-refractivity contribution in [2.24, 2.45) is 0 Å². The van der Waals surface area contributed by atoms with Gasteiger partial charge in [-0.2, -0.15) is 4.31 Å². The van der Waals surface area contributed by atoms with Crippen LogP contribution in [0, 0.1) is 11.6 Å². The molecule has 0 saturated carbocycles. The number of benzene rings is 2. The Hall–Kier alpha value is -1.35. The zero-order chi connectivity index (χ0) is 18.0. The molecule has 3 rings (SSSR count). The van der Waals surface area contributed by atoms with Crippen LogP contribution in [0.4, 0.5) is 8.78 Å². The van der Waals surface area contributed by atoms with Gasteiger partial charge in [0, 0.05) is 37.2 Å². The fraction of sp³-hybridized carbons (Fsp3) is 0.294. The van der Waals surface area contributed by atoms with E-state index in [9.17, 15) is 17.2 Å². The number of hydrogen-bond acceptors (Lipinski definition) is 3.